The molecule has 1 aliphatic heterocycles. The van der Waals surface area contributed by atoms with E-state index in [-0.39, 0.29) is 0 Å². The van der Waals surface area contributed by atoms with Crippen LogP contribution in [0.25, 0.3) is 0 Å². The number of aliphatic imine (C=N–C) groups is 1. The summed E-state index contributed by atoms with van der Waals surface area (Å²) in [6, 6.07) is 0.563. The van der Waals surface area contributed by atoms with Crippen LogP contribution in [0, 0.1) is 0 Å². The second-order valence-corrected chi connectivity index (χ2v) is 3.64. The Morgan fingerprint density at radius 2 is 2.23 bits per heavy atom. The molecule has 0 saturated heterocycles. The minimum atomic E-state index is 0.563. The molecule has 1 unspecified atom stereocenters. The number of ether oxygens (including phenoxy) is 1. The van der Waals surface area contributed by atoms with Crippen molar-refractivity contribution in [3.8, 4) is 0 Å². The summed E-state index contributed by atoms with van der Waals surface area (Å²) < 4.78 is 5.39. The predicted octanol–water partition coefficient (Wildman–Crippen LogP) is 3.16. The van der Waals surface area contributed by atoms with Gasteiger partial charge in [0.05, 0.1) is 12.6 Å². The zero-order chi connectivity index (χ0) is 9.52. The first-order chi connectivity index (χ1) is 6.36. The smallest absolute Gasteiger partial charge is 0.183 e. The van der Waals surface area contributed by atoms with Gasteiger partial charge in [-0.2, -0.15) is 0 Å². The molecule has 0 radical (unpaired) electrons. The van der Waals surface area contributed by atoms with E-state index in [4.69, 9.17) is 4.74 Å². The highest BCUT2D eigenvalue weighted by Gasteiger charge is 2.17. The van der Waals surface area contributed by atoms with Gasteiger partial charge in [-0.25, -0.2) is 0 Å². The van der Waals surface area contributed by atoms with Gasteiger partial charge in [-0.3, -0.25) is 4.99 Å². The number of hydrogen-bond donors (Lipinski definition) is 0. The molecule has 0 aromatic heterocycles. The van der Waals surface area contributed by atoms with Gasteiger partial charge in [0, 0.05) is 6.42 Å². The van der Waals surface area contributed by atoms with E-state index in [1.165, 1.54) is 32.1 Å². The van der Waals surface area contributed by atoms with E-state index >= 15 is 0 Å². The predicted molar refractivity (Wildman–Crippen MR) is 56.2 cm³/mol. The lowest BCUT2D eigenvalue weighted by Crippen LogP contribution is -1.99. The first-order valence-electron chi connectivity index (χ1n) is 5.56. The van der Waals surface area contributed by atoms with Gasteiger partial charge in [0.2, 0.25) is 0 Å². The normalized spacial score (nSPS) is 21.7. The molecule has 0 spiro atoms. The van der Waals surface area contributed by atoms with Crippen LogP contribution in [-0.4, -0.2) is 18.5 Å². The Morgan fingerprint density at radius 1 is 1.38 bits per heavy atom. The third-order valence-electron chi connectivity index (χ3n) is 2.47. The van der Waals surface area contributed by atoms with Crippen molar-refractivity contribution < 1.29 is 4.74 Å². The standard InChI is InChI=1S/C11H21NO/c1-3-5-6-7-10-8-9-11(12-10)13-4-2/h10H,3-9H2,1-2H3. The monoisotopic (exact) mass is 183 g/mol. The molecule has 0 aliphatic carbocycles. The maximum absolute atomic E-state index is 5.39. The lowest BCUT2D eigenvalue weighted by Gasteiger charge is -2.03. The van der Waals surface area contributed by atoms with Gasteiger partial charge in [0.25, 0.3) is 0 Å². The van der Waals surface area contributed by atoms with Crippen LogP contribution in [-0.2, 0) is 4.74 Å². The fraction of sp³-hybridized carbons (Fsp3) is 0.909. The summed E-state index contributed by atoms with van der Waals surface area (Å²) in [4.78, 5) is 4.54. The molecule has 1 heterocycles. The first kappa shape index (κ1) is 10.6. The highest BCUT2D eigenvalue weighted by molar-refractivity contribution is 5.77. The molecule has 1 rings (SSSR count). The second-order valence-electron chi connectivity index (χ2n) is 3.64. The molecular formula is C11H21NO. The summed E-state index contributed by atoms with van der Waals surface area (Å²) in [7, 11) is 0. The average molecular weight is 183 g/mol. The van der Waals surface area contributed by atoms with E-state index in [9.17, 15) is 0 Å². The molecule has 1 aliphatic rings. The molecule has 1 atom stereocenters. The van der Waals surface area contributed by atoms with Crippen LogP contribution in [0.1, 0.15) is 52.4 Å². The van der Waals surface area contributed by atoms with Crippen LogP contribution in [0.3, 0.4) is 0 Å². The Hall–Kier alpha value is -0.530. The Labute approximate surface area is 81.4 Å². The first-order valence-corrected chi connectivity index (χ1v) is 5.56. The quantitative estimate of drug-likeness (QED) is 0.600. The SMILES string of the molecule is CCCCCC1CCC(OCC)=N1. The van der Waals surface area contributed by atoms with Crippen molar-refractivity contribution in [1.29, 1.82) is 0 Å². The van der Waals surface area contributed by atoms with Crippen molar-refractivity contribution in [2.24, 2.45) is 4.99 Å². The van der Waals surface area contributed by atoms with Gasteiger partial charge in [0.1, 0.15) is 0 Å². The molecule has 13 heavy (non-hydrogen) atoms. The highest BCUT2D eigenvalue weighted by Crippen LogP contribution is 2.19. The van der Waals surface area contributed by atoms with Gasteiger partial charge in [-0.1, -0.05) is 26.2 Å². The van der Waals surface area contributed by atoms with Gasteiger partial charge in [-0.15, -0.1) is 0 Å². The van der Waals surface area contributed by atoms with Crippen LogP contribution < -0.4 is 0 Å². The van der Waals surface area contributed by atoms with Crippen molar-refractivity contribution in [2.45, 2.75) is 58.4 Å². The van der Waals surface area contributed by atoms with Gasteiger partial charge in [-0.05, 0) is 19.8 Å². The van der Waals surface area contributed by atoms with E-state index in [0.29, 0.717) is 6.04 Å². The Kier molecular flexibility index (Phi) is 4.87. The zero-order valence-electron chi connectivity index (χ0n) is 8.88. The van der Waals surface area contributed by atoms with Crippen molar-refractivity contribution >= 4 is 5.90 Å². The Balaban J connectivity index is 2.15. The summed E-state index contributed by atoms with van der Waals surface area (Å²) in [5.41, 5.74) is 0. The summed E-state index contributed by atoms with van der Waals surface area (Å²) in [5, 5.41) is 0. The summed E-state index contributed by atoms with van der Waals surface area (Å²) >= 11 is 0. The van der Waals surface area contributed by atoms with Crippen LogP contribution in [0.4, 0.5) is 0 Å². The summed E-state index contributed by atoms with van der Waals surface area (Å²) in [6.07, 6.45) is 7.49. The minimum absolute atomic E-state index is 0.563. The van der Waals surface area contributed by atoms with Crippen LogP contribution >= 0.6 is 0 Å². The summed E-state index contributed by atoms with van der Waals surface area (Å²) in [6.45, 7) is 5.02. The van der Waals surface area contributed by atoms with Crippen molar-refractivity contribution in [2.75, 3.05) is 6.61 Å². The van der Waals surface area contributed by atoms with Crippen molar-refractivity contribution in [1.82, 2.24) is 0 Å². The third kappa shape index (κ3) is 3.79. The van der Waals surface area contributed by atoms with E-state index in [2.05, 4.69) is 11.9 Å². The fourth-order valence-electron chi connectivity index (χ4n) is 1.74. The van der Waals surface area contributed by atoms with E-state index in [1.54, 1.807) is 0 Å². The molecule has 0 N–H and O–H groups in total. The number of rotatable bonds is 5. The molecule has 0 aromatic rings. The van der Waals surface area contributed by atoms with Crippen LogP contribution in [0.2, 0.25) is 0 Å². The van der Waals surface area contributed by atoms with E-state index in [0.717, 1.165) is 18.9 Å². The molecule has 0 fully saturated rings. The number of nitrogens with zero attached hydrogens (tertiary/aromatic N) is 1. The molecule has 2 nitrogen and oxygen atoms in total. The Bertz CT molecular complexity index is 165. The lowest BCUT2D eigenvalue weighted by atomic mass is 10.1. The van der Waals surface area contributed by atoms with Crippen molar-refractivity contribution in [3.05, 3.63) is 0 Å². The maximum atomic E-state index is 5.39. The molecule has 0 amide bonds. The van der Waals surface area contributed by atoms with Gasteiger partial charge in [0.15, 0.2) is 5.90 Å². The molecular weight excluding hydrogens is 162 g/mol. The topological polar surface area (TPSA) is 21.6 Å². The Morgan fingerprint density at radius 3 is 2.92 bits per heavy atom. The molecule has 2 heteroatoms. The van der Waals surface area contributed by atoms with Gasteiger partial charge >= 0.3 is 0 Å². The average Bonchev–Trinajstić information content (AvgIpc) is 2.54. The maximum Gasteiger partial charge on any atom is 0.183 e. The van der Waals surface area contributed by atoms with Gasteiger partial charge < -0.3 is 4.74 Å². The molecule has 0 aromatic carbocycles. The van der Waals surface area contributed by atoms with E-state index < -0.39 is 0 Å². The van der Waals surface area contributed by atoms with E-state index in [1.807, 2.05) is 6.92 Å². The highest BCUT2D eigenvalue weighted by atomic mass is 16.5. The van der Waals surface area contributed by atoms with Crippen LogP contribution in [0.5, 0.6) is 0 Å². The van der Waals surface area contributed by atoms with Crippen molar-refractivity contribution in [3.63, 3.8) is 0 Å². The number of unbranched alkanes of at least 4 members (excludes halogenated alkanes) is 2. The molecule has 76 valence electrons. The lowest BCUT2D eigenvalue weighted by molar-refractivity contribution is 0.320. The number of hydrogen-bond acceptors (Lipinski definition) is 2. The molecule has 0 saturated carbocycles. The fourth-order valence-corrected chi connectivity index (χ4v) is 1.74. The van der Waals surface area contributed by atoms with Crippen LogP contribution in [0.15, 0.2) is 4.99 Å². The third-order valence-corrected chi connectivity index (χ3v) is 2.47. The minimum Gasteiger partial charge on any atom is -0.481 e. The second kappa shape index (κ2) is 6.01. The molecule has 0 bridgehead atoms. The largest absolute Gasteiger partial charge is 0.481 e. The summed E-state index contributed by atoms with van der Waals surface area (Å²) in [5.74, 6) is 0.990. The zero-order valence-corrected chi connectivity index (χ0v) is 8.88.